The first kappa shape index (κ1) is 15.0. The van der Waals surface area contributed by atoms with Crippen molar-refractivity contribution in [2.45, 2.75) is 11.8 Å². The van der Waals surface area contributed by atoms with Crippen molar-refractivity contribution in [3.8, 4) is 0 Å². The minimum atomic E-state index is -0.907. The van der Waals surface area contributed by atoms with Gasteiger partial charge < -0.3 is 10.4 Å². The Balaban J connectivity index is 2.29. The Bertz CT molecular complexity index is 422. The molecule has 1 amide bonds. The molecule has 1 unspecified atom stereocenters. The molecule has 4 nitrogen and oxygen atoms in total. The van der Waals surface area contributed by atoms with Crippen LogP contribution in [-0.4, -0.2) is 29.3 Å². The summed E-state index contributed by atoms with van der Waals surface area (Å²) in [6, 6.07) is 7.66. The molecule has 0 fully saturated rings. The van der Waals surface area contributed by atoms with Crippen molar-refractivity contribution in [1.29, 1.82) is 0 Å². The number of aliphatic carboxylic acids is 1. The number of halogens is 1. The highest BCUT2D eigenvalue weighted by Crippen LogP contribution is 2.20. The zero-order chi connectivity index (χ0) is 13.5. The number of amides is 1. The molecule has 0 aliphatic rings. The molecule has 1 aromatic carbocycles. The lowest BCUT2D eigenvalue weighted by atomic mass is 10.2. The average Bonchev–Trinajstić information content (AvgIpc) is 2.35. The SMILES string of the molecule is CC(CNC(=O)CSc1ccc(Br)cc1)C(=O)O. The average molecular weight is 332 g/mol. The van der Waals surface area contributed by atoms with Gasteiger partial charge >= 0.3 is 5.97 Å². The molecule has 1 rings (SSSR count). The van der Waals surface area contributed by atoms with Crippen molar-refractivity contribution >= 4 is 39.6 Å². The Hall–Kier alpha value is -1.01. The van der Waals surface area contributed by atoms with Gasteiger partial charge in [0.2, 0.25) is 5.91 Å². The Labute approximate surface area is 118 Å². The first-order valence-electron chi connectivity index (χ1n) is 5.37. The predicted octanol–water partition coefficient (Wildman–Crippen LogP) is 2.38. The van der Waals surface area contributed by atoms with Crippen LogP contribution >= 0.6 is 27.7 Å². The molecule has 98 valence electrons. The van der Waals surface area contributed by atoms with Crippen LogP contribution < -0.4 is 5.32 Å². The molecule has 0 saturated heterocycles. The van der Waals surface area contributed by atoms with E-state index >= 15 is 0 Å². The molecule has 18 heavy (non-hydrogen) atoms. The summed E-state index contributed by atoms with van der Waals surface area (Å²) < 4.78 is 0.992. The smallest absolute Gasteiger partial charge is 0.308 e. The molecule has 2 N–H and O–H groups in total. The highest BCUT2D eigenvalue weighted by molar-refractivity contribution is 9.10. The van der Waals surface area contributed by atoms with E-state index in [4.69, 9.17) is 5.11 Å². The molecule has 0 aliphatic heterocycles. The van der Waals surface area contributed by atoms with Gasteiger partial charge in [0.05, 0.1) is 11.7 Å². The summed E-state index contributed by atoms with van der Waals surface area (Å²) in [5.41, 5.74) is 0. The normalized spacial score (nSPS) is 11.9. The largest absolute Gasteiger partial charge is 0.481 e. The van der Waals surface area contributed by atoms with Gasteiger partial charge in [0, 0.05) is 15.9 Å². The molecule has 0 spiro atoms. The summed E-state index contributed by atoms with van der Waals surface area (Å²) in [5, 5.41) is 11.3. The van der Waals surface area contributed by atoms with Crippen LogP contribution in [0.15, 0.2) is 33.6 Å². The number of hydrogen-bond donors (Lipinski definition) is 2. The van der Waals surface area contributed by atoms with E-state index in [1.54, 1.807) is 6.92 Å². The lowest BCUT2D eigenvalue weighted by Crippen LogP contribution is -2.32. The van der Waals surface area contributed by atoms with Gasteiger partial charge in [-0.05, 0) is 24.3 Å². The van der Waals surface area contributed by atoms with Crippen LogP contribution in [0.5, 0.6) is 0 Å². The van der Waals surface area contributed by atoms with Crippen LogP contribution in [0.1, 0.15) is 6.92 Å². The fourth-order valence-electron chi connectivity index (χ4n) is 1.08. The van der Waals surface area contributed by atoms with E-state index in [1.165, 1.54) is 11.8 Å². The minimum absolute atomic E-state index is 0.156. The number of hydrogen-bond acceptors (Lipinski definition) is 3. The van der Waals surface area contributed by atoms with Gasteiger partial charge in [-0.2, -0.15) is 0 Å². The molecular weight excluding hydrogens is 318 g/mol. The fourth-order valence-corrected chi connectivity index (χ4v) is 2.08. The molecule has 0 aliphatic carbocycles. The molecular formula is C12H14BrNO3S. The van der Waals surface area contributed by atoms with Crippen LogP contribution in [0.25, 0.3) is 0 Å². The summed E-state index contributed by atoms with van der Waals surface area (Å²) in [6.07, 6.45) is 0. The molecule has 0 bridgehead atoms. The van der Waals surface area contributed by atoms with E-state index in [1.807, 2.05) is 24.3 Å². The topological polar surface area (TPSA) is 66.4 Å². The number of rotatable bonds is 6. The first-order valence-corrected chi connectivity index (χ1v) is 7.14. The minimum Gasteiger partial charge on any atom is -0.481 e. The third-order valence-electron chi connectivity index (χ3n) is 2.21. The number of thioether (sulfide) groups is 1. The van der Waals surface area contributed by atoms with Gasteiger partial charge in [0.1, 0.15) is 0 Å². The summed E-state index contributed by atoms with van der Waals surface area (Å²) >= 11 is 4.75. The Morgan fingerprint density at radius 2 is 2.00 bits per heavy atom. The summed E-state index contributed by atoms with van der Waals surface area (Å²) in [4.78, 5) is 23.0. The van der Waals surface area contributed by atoms with Gasteiger partial charge in [0.15, 0.2) is 0 Å². The van der Waals surface area contributed by atoms with E-state index < -0.39 is 11.9 Å². The maximum Gasteiger partial charge on any atom is 0.308 e. The molecule has 1 atom stereocenters. The zero-order valence-corrected chi connectivity index (χ0v) is 12.3. The lowest BCUT2D eigenvalue weighted by Gasteiger charge is -2.08. The fraction of sp³-hybridized carbons (Fsp3) is 0.333. The van der Waals surface area contributed by atoms with E-state index in [0.717, 1.165) is 9.37 Å². The molecule has 0 heterocycles. The molecule has 0 saturated carbocycles. The maximum absolute atomic E-state index is 11.5. The molecule has 0 radical (unpaired) electrons. The first-order chi connectivity index (χ1) is 8.49. The van der Waals surface area contributed by atoms with Crippen molar-refractivity contribution in [1.82, 2.24) is 5.32 Å². The second-order valence-corrected chi connectivity index (χ2v) is 5.75. The van der Waals surface area contributed by atoms with Crippen LogP contribution in [-0.2, 0) is 9.59 Å². The van der Waals surface area contributed by atoms with Crippen LogP contribution in [0.2, 0.25) is 0 Å². The van der Waals surface area contributed by atoms with Crippen LogP contribution in [0, 0.1) is 5.92 Å². The van der Waals surface area contributed by atoms with Crippen LogP contribution in [0.3, 0.4) is 0 Å². The van der Waals surface area contributed by atoms with Gasteiger partial charge in [-0.3, -0.25) is 9.59 Å². The van der Waals surface area contributed by atoms with Gasteiger partial charge in [0.25, 0.3) is 0 Å². The van der Waals surface area contributed by atoms with Gasteiger partial charge in [-0.15, -0.1) is 11.8 Å². The van der Waals surface area contributed by atoms with Crippen molar-refractivity contribution in [3.63, 3.8) is 0 Å². The second kappa shape index (κ2) is 7.43. The van der Waals surface area contributed by atoms with E-state index in [2.05, 4.69) is 21.2 Å². The third-order valence-corrected chi connectivity index (χ3v) is 3.75. The maximum atomic E-state index is 11.5. The van der Waals surface area contributed by atoms with E-state index in [0.29, 0.717) is 0 Å². The highest BCUT2D eigenvalue weighted by Gasteiger charge is 2.12. The zero-order valence-electron chi connectivity index (χ0n) is 9.85. The highest BCUT2D eigenvalue weighted by atomic mass is 79.9. The molecule has 0 aromatic heterocycles. The Morgan fingerprint density at radius 3 is 2.56 bits per heavy atom. The van der Waals surface area contributed by atoms with Gasteiger partial charge in [-0.25, -0.2) is 0 Å². The van der Waals surface area contributed by atoms with Crippen LogP contribution in [0.4, 0.5) is 0 Å². The summed E-state index contributed by atoms with van der Waals surface area (Å²) in [7, 11) is 0. The quantitative estimate of drug-likeness (QED) is 0.785. The second-order valence-electron chi connectivity index (χ2n) is 3.79. The van der Waals surface area contributed by atoms with Gasteiger partial charge in [-0.1, -0.05) is 22.9 Å². The van der Waals surface area contributed by atoms with E-state index in [9.17, 15) is 9.59 Å². The number of carboxylic acid groups (broad SMARTS) is 1. The standard InChI is InChI=1S/C12H14BrNO3S/c1-8(12(16)17)6-14-11(15)7-18-10-4-2-9(13)3-5-10/h2-5,8H,6-7H2,1H3,(H,14,15)(H,16,17). The number of carbonyl (C=O) groups excluding carboxylic acids is 1. The predicted molar refractivity (Wildman–Crippen MR) is 74.7 cm³/mol. The molecule has 6 heteroatoms. The van der Waals surface area contributed by atoms with Crippen molar-refractivity contribution in [3.05, 3.63) is 28.7 Å². The number of carbonyl (C=O) groups is 2. The molecule has 1 aromatic rings. The third kappa shape index (κ3) is 5.55. The Kier molecular flexibility index (Phi) is 6.21. The lowest BCUT2D eigenvalue weighted by molar-refractivity contribution is -0.141. The van der Waals surface area contributed by atoms with Crippen molar-refractivity contribution in [2.24, 2.45) is 5.92 Å². The Morgan fingerprint density at radius 1 is 1.39 bits per heavy atom. The monoisotopic (exact) mass is 331 g/mol. The van der Waals surface area contributed by atoms with E-state index in [-0.39, 0.29) is 18.2 Å². The van der Waals surface area contributed by atoms with Crippen molar-refractivity contribution in [2.75, 3.05) is 12.3 Å². The van der Waals surface area contributed by atoms with Crippen molar-refractivity contribution < 1.29 is 14.7 Å². The summed E-state index contributed by atoms with van der Waals surface area (Å²) in [6.45, 7) is 1.72. The number of carboxylic acids is 1. The summed E-state index contributed by atoms with van der Waals surface area (Å²) in [5.74, 6) is -1.34. The number of benzene rings is 1. The number of nitrogens with one attached hydrogen (secondary N) is 1.